The molecule has 0 bridgehead atoms. The van der Waals surface area contributed by atoms with Crippen molar-refractivity contribution in [2.45, 2.75) is 19.9 Å². The van der Waals surface area contributed by atoms with Gasteiger partial charge in [-0.2, -0.15) is 0 Å². The molecule has 0 aromatic heterocycles. The van der Waals surface area contributed by atoms with Crippen LogP contribution in [0.1, 0.15) is 29.8 Å². The van der Waals surface area contributed by atoms with Crippen molar-refractivity contribution in [3.05, 3.63) is 40.3 Å². The third kappa shape index (κ3) is 4.08. The van der Waals surface area contributed by atoms with Crippen molar-refractivity contribution in [3.63, 3.8) is 0 Å². The fraction of sp³-hybridized carbons (Fsp3) is 0.294. The molecule has 0 aliphatic carbocycles. The van der Waals surface area contributed by atoms with Gasteiger partial charge in [-0.05, 0) is 29.7 Å². The van der Waals surface area contributed by atoms with Crippen LogP contribution in [0.2, 0.25) is 0 Å². The number of esters is 1. The number of aliphatic carboxylic acids is 1. The van der Waals surface area contributed by atoms with Gasteiger partial charge in [-0.25, -0.2) is 9.59 Å². The lowest BCUT2D eigenvalue weighted by Gasteiger charge is -2.26. The molecule has 0 spiro atoms. The van der Waals surface area contributed by atoms with Gasteiger partial charge in [-0.3, -0.25) is 9.69 Å². The van der Waals surface area contributed by atoms with Crippen molar-refractivity contribution < 1.29 is 24.2 Å². The van der Waals surface area contributed by atoms with E-state index in [0.29, 0.717) is 16.0 Å². The number of ether oxygens (including phenoxy) is 1. The summed E-state index contributed by atoms with van der Waals surface area (Å²) in [6.07, 6.45) is 1.62. The summed E-state index contributed by atoms with van der Waals surface area (Å²) in [5.41, 5.74) is 1.10. The highest BCUT2D eigenvalue weighted by molar-refractivity contribution is 8.26. The fourth-order valence-corrected chi connectivity index (χ4v) is 3.73. The van der Waals surface area contributed by atoms with E-state index in [2.05, 4.69) is 4.74 Å². The van der Waals surface area contributed by atoms with Crippen LogP contribution in [0.4, 0.5) is 0 Å². The van der Waals surface area contributed by atoms with Crippen LogP contribution < -0.4 is 0 Å². The molecule has 0 unspecified atom stereocenters. The van der Waals surface area contributed by atoms with E-state index in [1.54, 1.807) is 44.2 Å². The van der Waals surface area contributed by atoms with Gasteiger partial charge in [0.1, 0.15) is 10.4 Å². The molecule has 1 atom stereocenters. The summed E-state index contributed by atoms with van der Waals surface area (Å²) in [6, 6.07) is 5.53. The number of rotatable bonds is 5. The van der Waals surface area contributed by atoms with Crippen LogP contribution in [-0.4, -0.2) is 45.3 Å². The average molecular weight is 379 g/mol. The molecule has 6 nitrogen and oxygen atoms in total. The zero-order chi connectivity index (χ0) is 18.7. The molecule has 132 valence electrons. The molecular formula is C17H17NO5S2. The summed E-state index contributed by atoms with van der Waals surface area (Å²) in [5, 5.41) is 9.40. The molecule has 1 aliphatic heterocycles. The molecule has 2 rings (SSSR count). The third-order valence-corrected chi connectivity index (χ3v) is 4.95. The SMILES string of the molecule is COC(=O)c1ccc(/C=C2\SC(=S)N([C@@H](C(=O)O)C(C)C)C2=O)cc1. The molecule has 1 aliphatic rings. The summed E-state index contributed by atoms with van der Waals surface area (Å²) in [5.74, 6) is -2.24. The standard InChI is InChI=1S/C17H17NO5S2/c1-9(2)13(15(20)21)18-14(19)12(25-17(18)24)8-10-4-6-11(7-5-10)16(22)23-3/h4-9,13H,1-3H3,(H,20,21)/b12-8-/t13-/m1/s1. The van der Waals surface area contributed by atoms with Gasteiger partial charge >= 0.3 is 11.9 Å². The number of carboxylic acid groups (broad SMARTS) is 1. The first-order valence-corrected chi connectivity index (χ1v) is 8.67. The van der Waals surface area contributed by atoms with Gasteiger partial charge in [0.05, 0.1) is 17.6 Å². The maximum absolute atomic E-state index is 12.6. The molecule has 8 heteroatoms. The molecule has 1 N–H and O–H groups in total. The molecule has 1 aromatic carbocycles. The molecule has 1 heterocycles. The molecule has 25 heavy (non-hydrogen) atoms. The number of carbonyl (C=O) groups excluding carboxylic acids is 2. The topological polar surface area (TPSA) is 83.9 Å². The number of methoxy groups -OCH3 is 1. The third-order valence-electron chi connectivity index (χ3n) is 3.62. The monoisotopic (exact) mass is 379 g/mol. The lowest BCUT2D eigenvalue weighted by molar-refractivity contribution is -0.146. The predicted octanol–water partition coefficient (Wildman–Crippen LogP) is 2.78. The predicted molar refractivity (Wildman–Crippen MR) is 99.1 cm³/mol. The molecule has 0 saturated carbocycles. The van der Waals surface area contributed by atoms with Crippen LogP contribution in [0, 0.1) is 5.92 Å². The Morgan fingerprint density at radius 3 is 2.36 bits per heavy atom. The first-order valence-electron chi connectivity index (χ1n) is 7.44. The Morgan fingerprint density at radius 1 is 1.28 bits per heavy atom. The maximum atomic E-state index is 12.6. The zero-order valence-corrected chi connectivity index (χ0v) is 15.5. The second kappa shape index (κ2) is 7.79. The van der Waals surface area contributed by atoms with Crippen molar-refractivity contribution in [1.82, 2.24) is 4.90 Å². The first-order chi connectivity index (χ1) is 11.8. The average Bonchev–Trinajstić information content (AvgIpc) is 2.82. The summed E-state index contributed by atoms with van der Waals surface area (Å²) in [6.45, 7) is 3.46. The highest BCUT2D eigenvalue weighted by atomic mass is 32.2. The number of amides is 1. The lowest BCUT2D eigenvalue weighted by Crippen LogP contribution is -2.47. The van der Waals surface area contributed by atoms with E-state index in [0.717, 1.165) is 16.7 Å². The first kappa shape index (κ1) is 19.1. The quantitative estimate of drug-likeness (QED) is 0.478. The Labute approximate surface area is 154 Å². The summed E-state index contributed by atoms with van der Waals surface area (Å²) in [7, 11) is 1.30. The van der Waals surface area contributed by atoms with Gasteiger partial charge in [0, 0.05) is 0 Å². The normalized spacial score (nSPS) is 17.3. The van der Waals surface area contributed by atoms with Gasteiger partial charge in [0.25, 0.3) is 5.91 Å². The molecule has 1 amide bonds. The van der Waals surface area contributed by atoms with Crippen molar-refractivity contribution in [2.75, 3.05) is 7.11 Å². The van der Waals surface area contributed by atoms with Gasteiger partial charge in [-0.1, -0.05) is 50.0 Å². The largest absolute Gasteiger partial charge is 0.480 e. The molecule has 1 fully saturated rings. The van der Waals surface area contributed by atoms with E-state index in [4.69, 9.17) is 12.2 Å². The number of benzene rings is 1. The van der Waals surface area contributed by atoms with Gasteiger partial charge in [0.15, 0.2) is 0 Å². The zero-order valence-electron chi connectivity index (χ0n) is 13.9. The lowest BCUT2D eigenvalue weighted by atomic mass is 10.0. The van der Waals surface area contributed by atoms with Crippen molar-refractivity contribution in [3.8, 4) is 0 Å². The summed E-state index contributed by atoms with van der Waals surface area (Å²) >= 11 is 6.27. The number of thioether (sulfide) groups is 1. The summed E-state index contributed by atoms with van der Waals surface area (Å²) < 4.78 is 4.86. The number of hydrogen-bond acceptors (Lipinski definition) is 6. The van der Waals surface area contributed by atoms with E-state index in [1.807, 2.05) is 0 Å². The minimum Gasteiger partial charge on any atom is -0.480 e. The Bertz CT molecular complexity index is 755. The van der Waals surface area contributed by atoms with Crippen LogP contribution in [-0.2, 0) is 14.3 Å². The Kier molecular flexibility index (Phi) is 5.97. The number of nitrogens with zero attached hydrogens (tertiary/aromatic N) is 1. The number of carboxylic acids is 1. The van der Waals surface area contributed by atoms with Gasteiger partial charge in [-0.15, -0.1) is 0 Å². The molecule has 1 aromatic rings. The van der Waals surface area contributed by atoms with Crippen LogP contribution in [0.15, 0.2) is 29.2 Å². The Morgan fingerprint density at radius 2 is 1.88 bits per heavy atom. The number of carbonyl (C=O) groups is 3. The van der Waals surface area contributed by atoms with Crippen LogP contribution in [0.5, 0.6) is 0 Å². The van der Waals surface area contributed by atoms with E-state index >= 15 is 0 Å². The van der Waals surface area contributed by atoms with Crippen LogP contribution in [0.3, 0.4) is 0 Å². The van der Waals surface area contributed by atoms with E-state index in [9.17, 15) is 19.5 Å². The van der Waals surface area contributed by atoms with Crippen LogP contribution >= 0.6 is 24.0 Å². The van der Waals surface area contributed by atoms with Gasteiger partial charge < -0.3 is 9.84 Å². The highest BCUT2D eigenvalue weighted by Crippen LogP contribution is 2.35. The fourth-order valence-electron chi connectivity index (χ4n) is 2.40. The minimum atomic E-state index is -1.09. The van der Waals surface area contributed by atoms with Crippen molar-refractivity contribution >= 4 is 52.2 Å². The van der Waals surface area contributed by atoms with Crippen LogP contribution in [0.25, 0.3) is 6.08 Å². The molecule has 1 saturated heterocycles. The second-order valence-corrected chi connectivity index (χ2v) is 7.37. The van der Waals surface area contributed by atoms with Crippen molar-refractivity contribution in [2.24, 2.45) is 5.92 Å². The van der Waals surface area contributed by atoms with Gasteiger partial charge in [0.2, 0.25) is 0 Å². The Balaban J connectivity index is 2.28. The smallest absolute Gasteiger partial charge is 0.337 e. The number of hydrogen-bond donors (Lipinski definition) is 1. The second-order valence-electron chi connectivity index (χ2n) is 5.69. The molecule has 0 radical (unpaired) electrons. The minimum absolute atomic E-state index is 0.225. The summed E-state index contributed by atoms with van der Waals surface area (Å²) in [4.78, 5) is 37.0. The van der Waals surface area contributed by atoms with E-state index in [1.165, 1.54) is 7.11 Å². The molecular weight excluding hydrogens is 362 g/mol. The number of thiocarbonyl (C=S) groups is 1. The maximum Gasteiger partial charge on any atom is 0.337 e. The highest BCUT2D eigenvalue weighted by Gasteiger charge is 2.41. The Hall–Kier alpha value is -2.19. The van der Waals surface area contributed by atoms with Crippen molar-refractivity contribution in [1.29, 1.82) is 0 Å². The van der Waals surface area contributed by atoms with E-state index in [-0.39, 0.29) is 10.2 Å². The van der Waals surface area contributed by atoms with E-state index < -0.39 is 23.9 Å².